The maximum Gasteiger partial charge on any atom is 0.146 e. The standard InChI is InChI=1S/C9H13FN2/c1-9(2,11-3)8-7(10)5-4-6-12-8/h4-6,11H,1-3H3. The molecule has 0 atom stereocenters. The van der Waals surface area contributed by atoms with Crippen LogP contribution in [0.25, 0.3) is 0 Å². The van der Waals surface area contributed by atoms with E-state index >= 15 is 0 Å². The second-order valence-electron chi connectivity index (χ2n) is 3.21. The Labute approximate surface area is 71.8 Å². The highest BCUT2D eigenvalue weighted by Gasteiger charge is 2.22. The van der Waals surface area contributed by atoms with Crippen molar-refractivity contribution in [1.29, 1.82) is 0 Å². The summed E-state index contributed by atoms with van der Waals surface area (Å²) in [6, 6.07) is 3.01. The lowest BCUT2D eigenvalue weighted by Crippen LogP contribution is -2.35. The molecule has 0 aromatic carbocycles. The van der Waals surface area contributed by atoms with Crippen molar-refractivity contribution in [1.82, 2.24) is 10.3 Å². The summed E-state index contributed by atoms with van der Waals surface area (Å²) in [6.07, 6.45) is 1.59. The van der Waals surface area contributed by atoms with E-state index in [2.05, 4.69) is 10.3 Å². The predicted octanol–water partition coefficient (Wildman–Crippen LogP) is 1.68. The molecule has 0 saturated heterocycles. The summed E-state index contributed by atoms with van der Waals surface area (Å²) >= 11 is 0. The minimum Gasteiger partial charge on any atom is -0.310 e. The van der Waals surface area contributed by atoms with Crippen LogP contribution in [0.5, 0.6) is 0 Å². The fraction of sp³-hybridized carbons (Fsp3) is 0.444. The molecule has 1 aromatic heterocycles. The highest BCUT2D eigenvalue weighted by Crippen LogP contribution is 2.19. The van der Waals surface area contributed by atoms with Crippen molar-refractivity contribution in [3.05, 3.63) is 29.8 Å². The van der Waals surface area contributed by atoms with Crippen LogP contribution in [-0.2, 0) is 5.54 Å². The fourth-order valence-electron chi connectivity index (χ4n) is 0.964. The molecule has 1 rings (SSSR count). The average molecular weight is 168 g/mol. The van der Waals surface area contributed by atoms with Crippen molar-refractivity contribution in [2.24, 2.45) is 0 Å². The van der Waals surface area contributed by atoms with Gasteiger partial charge in [-0.1, -0.05) is 0 Å². The molecule has 0 amide bonds. The van der Waals surface area contributed by atoms with Gasteiger partial charge in [-0.05, 0) is 33.0 Å². The zero-order valence-electron chi connectivity index (χ0n) is 7.56. The van der Waals surface area contributed by atoms with Crippen molar-refractivity contribution >= 4 is 0 Å². The first-order valence-corrected chi connectivity index (χ1v) is 3.88. The van der Waals surface area contributed by atoms with Gasteiger partial charge in [-0.2, -0.15) is 0 Å². The summed E-state index contributed by atoms with van der Waals surface area (Å²) in [7, 11) is 1.79. The van der Waals surface area contributed by atoms with E-state index in [9.17, 15) is 4.39 Å². The predicted molar refractivity (Wildman–Crippen MR) is 46.3 cm³/mol. The Morgan fingerprint density at radius 1 is 1.50 bits per heavy atom. The first-order valence-electron chi connectivity index (χ1n) is 3.88. The monoisotopic (exact) mass is 168 g/mol. The van der Waals surface area contributed by atoms with Crippen LogP contribution in [0.3, 0.4) is 0 Å². The Morgan fingerprint density at radius 3 is 2.67 bits per heavy atom. The SMILES string of the molecule is CNC(C)(C)c1ncccc1F. The van der Waals surface area contributed by atoms with Gasteiger partial charge in [0.2, 0.25) is 0 Å². The van der Waals surface area contributed by atoms with Crippen molar-refractivity contribution in [2.45, 2.75) is 19.4 Å². The molecule has 0 aliphatic carbocycles. The van der Waals surface area contributed by atoms with Crippen LogP contribution in [0.2, 0.25) is 0 Å². The van der Waals surface area contributed by atoms with Crippen LogP contribution in [0, 0.1) is 5.82 Å². The summed E-state index contributed by atoms with van der Waals surface area (Å²) in [5, 5.41) is 3.00. The topological polar surface area (TPSA) is 24.9 Å². The van der Waals surface area contributed by atoms with Gasteiger partial charge in [0.05, 0.1) is 11.2 Å². The van der Waals surface area contributed by atoms with Gasteiger partial charge in [0.25, 0.3) is 0 Å². The second kappa shape index (κ2) is 3.19. The van der Waals surface area contributed by atoms with E-state index in [1.54, 1.807) is 19.3 Å². The summed E-state index contributed by atoms with van der Waals surface area (Å²) in [4.78, 5) is 3.98. The van der Waals surface area contributed by atoms with E-state index in [1.165, 1.54) is 6.07 Å². The fourth-order valence-corrected chi connectivity index (χ4v) is 0.964. The highest BCUT2D eigenvalue weighted by atomic mass is 19.1. The van der Waals surface area contributed by atoms with E-state index in [4.69, 9.17) is 0 Å². The zero-order chi connectivity index (χ0) is 9.19. The first kappa shape index (κ1) is 9.13. The Hall–Kier alpha value is -0.960. The molecule has 0 fully saturated rings. The smallest absolute Gasteiger partial charge is 0.146 e. The minimum absolute atomic E-state index is 0.267. The number of hydrogen-bond donors (Lipinski definition) is 1. The Balaban J connectivity index is 3.10. The molecule has 1 N–H and O–H groups in total. The molecule has 66 valence electrons. The third-order valence-electron chi connectivity index (χ3n) is 1.98. The second-order valence-corrected chi connectivity index (χ2v) is 3.21. The van der Waals surface area contributed by atoms with Crippen molar-refractivity contribution in [3.8, 4) is 0 Å². The van der Waals surface area contributed by atoms with E-state index in [1.807, 2.05) is 13.8 Å². The lowest BCUT2D eigenvalue weighted by Gasteiger charge is -2.23. The number of rotatable bonds is 2. The van der Waals surface area contributed by atoms with E-state index < -0.39 is 5.54 Å². The van der Waals surface area contributed by atoms with Gasteiger partial charge in [0.1, 0.15) is 5.82 Å². The van der Waals surface area contributed by atoms with Gasteiger partial charge in [0, 0.05) is 6.20 Å². The lowest BCUT2D eigenvalue weighted by molar-refractivity contribution is 0.405. The minimum atomic E-state index is -0.411. The van der Waals surface area contributed by atoms with E-state index in [0.29, 0.717) is 5.69 Å². The van der Waals surface area contributed by atoms with Crippen molar-refractivity contribution in [2.75, 3.05) is 7.05 Å². The number of nitrogens with one attached hydrogen (secondary N) is 1. The first-order chi connectivity index (χ1) is 5.58. The number of aromatic nitrogens is 1. The van der Waals surface area contributed by atoms with E-state index in [0.717, 1.165) is 0 Å². The molecule has 0 aliphatic rings. The van der Waals surface area contributed by atoms with Crippen molar-refractivity contribution < 1.29 is 4.39 Å². The number of halogens is 1. The number of hydrogen-bond acceptors (Lipinski definition) is 2. The summed E-state index contributed by atoms with van der Waals surface area (Å²) in [5.74, 6) is -0.267. The zero-order valence-corrected chi connectivity index (χ0v) is 7.56. The molecular formula is C9H13FN2. The lowest BCUT2D eigenvalue weighted by atomic mass is 10.00. The number of pyridine rings is 1. The molecule has 0 aliphatic heterocycles. The van der Waals surface area contributed by atoms with Gasteiger partial charge in [0.15, 0.2) is 0 Å². The summed E-state index contributed by atoms with van der Waals surface area (Å²) in [6.45, 7) is 3.77. The quantitative estimate of drug-likeness (QED) is 0.726. The van der Waals surface area contributed by atoms with Crippen LogP contribution >= 0.6 is 0 Å². The van der Waals surface area contributed by atoms with Crippen molar-refractivity contribution in [3.63, 3.8) is 0 Å². The molecule has 1 heterocycles. The molecule has 0 bridgehead atoms. The van der Waals surface area contributed by atoms with Crippen LogP contribution < -0.4 is 5.32 Å². The molecule has 12 heavy (non-hydrogen) atoms. The van der Waals surface area contributed by atoms with E-state index in [-0.39, 0.29) is 5.82 Å². The molecule has 2 nitrogen and oxygen atoms in total. The maximum atomic E-state index is 13.2. The molecule has 0 radical (unpaired) electrons. The van der Waals surface area contributed by atoms with Crippen LogP contribution in [0.15, 0.2) is 18.3 Å². The van der Waals surface area contributed by atoms with Gasteiger partial charge in [-0.15, -0.1) is 0 Å². The molecule has 0 spiro atoms. The Morgan fingerprint density at radius 2 is 2.17 bits per heavy atom. The normalized spacial score (nSPS) is 11.7. The maximum absolute atomic E-state index is 13.2. The van der Waals surface area contributed by atoms with Gasteiger partial charge < -0.3 is 5.32 Å². The summed E-state index contributed by atoms with van der Waals surface area (Å²) < 4.78 is 13.2. The van der Waals surface area contributed by atoms with Gasteiger partial charge >= 0.3 is 0 Å². The average Bonchev–Trinajstić information content (AvgIpc) is 2.05. The Bertz CT molecular complexity index is 271. The molecule has 0 saturated carbocycles. The van der Waals surface area contributed by atoms with Crippen LogP contribution in [0.1, 0.15) is 19.5 Å². The molecular weight excluding hydrogens is 155 g/mol. The van der Waals surface area contributed by atoms with Crippen LogP contribution in [0.4, 0.5) is 4.39 Å². The molecule has 3 heteroatoms. The molecule has 0 unspecified atom stereocenters. The third-order valence-corrected chi connectivity index (χ3v) is 1.98. The highest BCUT2D eigenvalue weighted by molar-refractivity contribution is 5.15. The van der Waals surface area contributed by atoms with Gasteiger partial charge in [-0.25, -0.2) is 4.39 Å². The third kappa shape index (κ3) is 1.61. The molecule has 1 aromatic rings. The number of nitrogens with zero attached hydrogens (tertiary/aromatic N) is 1. The Kier molecular flexibility index (Phi) is 2.43. The largest absolute Gasteiger partial charge is 0.310 e. The van der Waals surface area contributed by atoms with Gasteiger partial charge in [-0.3, -0.25) is 4.98 Å². The van der Waals surface area contributed by atoms with Crippen LogP contribution in [-0.4, -0.2) is 12.0 Å². The summed E-state index contributed by atoms with van der Waals surface area (Å²) in [5.41, 5.74) is 0.0400.